The van der Waals surface area contributed by atoms with E-state index in [2.05, 4.69) is 33.3 Å². The lowest BCUT2D eigenvalue weighted by atomic mass is 10.2. The van der Waals surface area contributed by atoms with Crippen LogP contribution in [0.4, 0.5) is 5.82 Å². The number of hydrogen-bond acceptors (Lipinski definition) is 4. The van der Waals surface area contributed by atoms with Gasteiger partial charge < -0.3 is 5.32 Å². The van der Waals surface area contributed by atoms with Crippen molar-refractivity contribution >= 4 is 11.5 Å². The Morgan fingerprint density at radius 1 is 1.30 bits per heavy atom. The molecule has 0 radical (unpaired) electrons. The van der Waals surface area contributed by atoms with Crippen LogP contribution in [0.1, 0.15) is 31.2 Å². The van der Waals surface area contributed by atoms with Gasteiger partial charge in [0.2, 0.25) is 0 Å². The molecule has 5 nitrogen and oxygen atoms in total. The topological polar surface area (TPSA) is 45.5 Å². The van der Waals surface area contributed by atoms with Gasteiger partial charge in [0.15, 0.2) is 5.65 Å². The number of aromatic nitrogens is 3. The third-order valence-electron chi connectivity index (χ3n) is 4.10. The van der Waals surface area contributed by atoms with Crippen LogP contribution in [0.2, 0.25) is 0 Å². The summed E-state index contributed by atoms with van der Waals surface area (Å²) in [5.74, 6) is 1.04. The molecule has 5 heteroatoms. The number of aryl methyl sites for hydroxylation is 2. The predicted molar refractivity (Wildman–Crippen MR) is 81.2 cm³/mol. The van der Waals surface area contributed by atoms with Crippen molar-refractivity contribution in [3.63, 3.8) is 0 Å². The Morgan fingerprint density at radius 2 is 2.15 bits per heavy atom. The molecular formula is C15H23N5. The van der Waals surface area contributed by atoms with Gasteiger partial charge in [-0.15, -0.1) is 0 Å². The average molecular weight is 273 g/mol. The highest BCUT2D eigenvalue weighted by atomic mass is 15.3. The number of rotatable bonds is 4. The predicted octanol–water partition coefficient (Wildman–Crippen LogP) is 2.24. The number of likely N-dealkylation sites (N-methyl/N-ethyl adjacent to an activating group) is 1. The molecule has 0 saturated carbocycles. The van der Waals surface area contributed by atoms with E-state index >= 15 is 0 Å². The highest BCUT2D eigenvalue weighted by Crippen LogP contribution is 2.18. The Labute approximate surface area is 120 Å². The van der Waals surface area contributed by atoms with E-state index in [1.165, 1.54) is 19.4 Å². The number of nitrogens with zero attached hydrogens (tertiary/aromatic N) is 4. The smallest absolute Gasteiger partial charge is 0.157 e. The van der Waals surface area contributed by atoms with Crippen molar-refractivity contribution in [3.05, 3.63) is 23.5 Å². The molecule has 1 atom stereocenters. The second-order valence-corrected chi connectivity index (χ2v) is 5.64. The van der Waals surface area contributed by atoms with E-state index in [0.717, 1.165) is 35.9 Å². The molecule has 0 bridgehead atoms. The maximum absolute atomic E-state index is 4.52. The number of nitrogens with one attached hydrogen (secondary N) is 1. The first kappa shape index (κ1) is 13.4. The van der Waals surface area contributed by atoms with Gasteiger partial charge >= 0.3 is 0 Å². The third-order valence-corrected chi connectivity index (χ3v) is 4.10. The number of hydrogen-bond donors (Lipinski definition) is 1. The van der Waals surface area contributed by atoms with Crippen molar-refractivity contribution in [3.8, 4) is 0 Å². The Balaban J connectivity index is 1.80. The second-order valence-electron chi connectivity index (χ2n) is 5.64. The van der Waals surface area contributed by atoms with Crippen LogP contribution >= 0.6 is 0 Å². The Bertz CT molecular complexity index is 604. The lowest BCUT2D eigenvalue weighted by Crippen LogP contribution is -2.35. The molecule has 1 fully saturated rings. The first-order valence-corrected chi connectivity index (χ1v) is 7.49. The van der Waals surface area contributed by atoms with E-state index in [1.54, 1.807) is 0 Å². The zero-order chi connectivity index (χ0) is 14.1. The molecule has 108 valence electrons. The van der Waals surface area contributed by atoms with E-state index in [1.807, 2.05) is 24.4 Å². The standard InChI is InChI=1S/C15H23N5/c1-4-19-7-5-6-13(19)10-16-14-8-11(2)17-15-9-12(3)18-20(14)15/h8-9,13,16H,4-7,10H2,1-3H3. The molecule has 3 heterocycles. The fourth-order valence-corrected chi connectivity index (χ4v) is 3.11. The SMILES string of the molecule is CCN1CCCC1CNc1cc(C)nc2cc(C)nn12. The Morgan fingerprint density at radius 3 is 2.95 bits per heavy atom. The zero-order valence-electron chi connectivity index (χ0n) is 12.6. The van der Waals surface area contributed by atoms with Crippen molar-refractivity contribution in [2.24, 2.45) is 0 Å². The van der Waals surface area contributed by atoms with Gasteiger partial charge in [-0.05, 0) is 39.8 Å². The molecule has 1 saturated heterocycles. The minimum Gasteiger partial charge on any atom is -0.368 e. The molecule has 0 amide bonds. The lowest BCUT2D eigenvalue weighted by Gasteiger charge is -2.23. The van der Waals surface area contributed by atoms with Gasteiger partial charge in [-0.2, -0.15) is 9.61 Å². The summed E-state index contributed by atoms with van der Waals surface area (Å²) in [5.41, 5.74) is 2.95. The molecule has 2 aromatic rings. The first-order chi connectivity index (χ1) is 9.67. The van der Waals surface area contributed by atoms with Crippen molar-refractivity contribution < 1.29 is 0 Å². The zero-order valence-corrected chi connectivity index (χ0v) is 12.6. The quantitative estimate of drug-likeness (QED) is 0.928. The van der Waals surface area contributed by atoms with Gasteiger partial charge in [0, 0.05) is 30.4 Å². The molecule has 3 rings (SSSR count). The summed E-state index contributed by atoms with van der Waals surface area (Å²) in [6.07, 6.45) is 2.60. The van der Waals surface area contributed by atoms with Crippen molar-refractivity contribution in [1.82, 2.24) is 19.5 Å². The van der Waals surface area contributed by atoms with E-state index < -0.39 is 0 Å². The average Bonchev–Trinajstić information content (AvgIpc) is 3.00. The van der Waals surface area contributed by atoms with Gasteiger partial charge in [0.05, 0.1) is 5.69 Å². The molecular weight excluding hydrogens is 250 g/mol. The van der Waals surface area contributed by atoms with E-state index in [-0.39, 0.29) is 0 Å². The van der Waals surface area contributed by atoms with E-state index in [0.29, 0.717) is 6.04 Å². The largest absolute Gasteiger partial charge is 0.368 e. The summed E-state index contributed by atoms with van der Waals surface area (Å²) in [4.78, 5) is 7.07. The molecule has 20 heavy (non-hydrogen) atoms. The summed E-state index contributed by atoms with van der Waals surface area (Å²) >= 11 is 0. The highest BCUT2D eigenvalue weighted by Gasteiger charge is 2.22. The summed E-state index contributed by atoms with van der Waals surface area (Å²) in [7, 11) is 0. The minimum absolute atomic E-state index is 0.639. The maximum atomic E-state index is 4.52. The minimum atomic E-state index is 0.639. The van der Waals surface area contributed by atoms with E-state index in [9.17, 15) is 0 Å². The van der Waals surface area contributed by atoms with Gasteiger partial charge in [0.25, 0.3) is 0 Å². The van der Waals surface area contributed by atoms with Crippen molar-refractivity contribution in [2.45, 2.75) is 39.7 Å². The van der Waals surface area contributed by atoms with Crippen LogP contribution in [0.15, 0.2) is 12.1 Å². The molecule has 1 aliphatic heterocycles. The Kier molecular flexibility index (Phi) is 3.61. The summed E-state index contributed by atoms with van der Waals surface area (Å²) in [6, 6.07) is 4.73. The lowest BCUT2D eigenvalue weighted by molar-refractivity contribution is 0.277. The van der Waals surface area contributed by atoms with Crippen LogP contribution in [0.5, 0.6) is 0 Å². The fourth-order valence-electron chi connectivity index (χ4n) is 3.11. The molecule has 2 aromatic heterocycles. The van der Waals surface area contributed by atoms with Crippen molar-refractivity contribution in [2.75, 3.05) is 25.0 Å². The van der Waals surface area contributed by atoms with Crippen LogP contribution in [0.25, 0.3) is 5.65 Å². The van der Waals surface area contributed by atoms with Crippen molar-refractivity contribution in [1.29, 1.82) is 0 Å². The van der Waals surface area contributed by atoms with Gasteiger partial charge in [-0.25, -0.2) is 4.98 Å². The van der Waals surface area contributed by atoms with Crippen LogP contribution in [-0.4, -0.2) is 45.2 Å². The molecule has 1 aliphatic rings. The molecule has 0 spiro atoms. The normalized spacial score (nSPS) is 19.9. The number of likely N-dealkylation sites (tertiary alicyclic amines) is 1. The van der Waals surface area contributed by atoms with Crippen LogP contribution in [-0.2, 0) is 0 Å². The van der Waals surface area contributed by atoms with Gasteiger partial charge in [0.1, 0.15) is 5.82 Å². The monoisotopic (exact) mass is 273 g/mol. The molecule has 1 unspecified atom stereocenters. The number of anilines is 1. The van der Waals surface area contributed by atoms with Crippen LogP contribution in [0.3, 0.4) is 0 Å². The number of fused-ring (bicyclic) bond motifs is 1. The molecule has 0 aromatic carbocycles. The summed E-state index contributed by atoms with van der Waals surface area (Å²) in [5, 5.41) is 8.08. The van der Waals surface area contributed by atoms with Crippen LogP contribution in [0, 0.1) is 13.8 Å². The molecule has 0 aliphatic carbocycles. The molecule has 1 N–H and O–H groups in total. The third kappa shape index (κ3) is 2.50. The summed E-state index contributed by atoms with van der Waals surface area (Å²) < 4.78 is 1.91. The highest BCUT2D eigenvalue weighted by molar-refractivity contribution is 5.50. The van der Waals surface area contributed by atoms with Gasteiger partial charge in [-0.1, -0.05) is 6.92 Å². The van der Waals surface area contributed by atoms with Crippen LogP contribution < -0.4 is 5.32 Å². The first-order valence-electron chi connectivity index (χ1n) is 7.49. The summed E-state index contributed by atoms with van der Waals surface area (Å²) in [6.45, 7) is 9.62. The Hall–Kier alpha value is -1.62. The maximum Gasteiger partial charge on any atom is 0.157 e. The van der Waals surface area contributed by atoms with E-state index in [4.69, 9.17) is 0 Å². The second kappa shape index (κ2) is 5.40. The van der Waals surface area contributed by atoms with Gasteiger partial charge in [-0.3, -0.25) is 4.90 Å². The fraction of sp³-hybridized carbons (Fsp3) is 0.600.